The Bertz CT molecular complexity index is 1050. The van der Waals surface area contributed by atoms with E-state index < -0.39 is 0 Å². The van der Waals surface area contributed by atoms with E-state index in [9.17, 15) is 4.79 Å². The summed E-state index contributed by atoms with van der Waals surface area (Å²) in [5, 5.41) is 0. The highest BCUT2D eigenvalue weighted by Crippen LogP contribution is 2.39. The second-order valence-corrected chi connectivity index (χ2v) is 6.98. The topological polar surface area (TPSA) is 44.8 Å². The molecule has 0 fully saturated rings. The SMILES string of the molecule is CCOc1ccc2c(c1)Oc1cc(C)ccc1Cc1ccc(C)cc1C(=O)O2. The summed E-state index contributed by atoms with van der Waals surface area (Å²) < 4.78 is 17.5. The first-order chi connectivity index (χ1) is 13.5. The Kier molecular flexibility index (Phi) is 4.78. The number of benzene rings is 3. The average molecular weight is 374 g/mol. The van der Waals surface area contributed by atoms with Crippen LogP contribution in [0.5, 0.6) is 23.0 Å². The predicted octanol–water partition coefficient (Wildman–Crippen LogP) is 5.62. The minimum atomic E-state index is -0.386. The number of rotatable bonds is 2. The molecule has 0 saturated carbocycles. The van der Waals surface area contributed by atoms with Gasteiger partial charge in [0.1, 0.15) is 11.5 Å². The van der Waals surface area contributed by atoms with Crippen LogP contribution in [0.25, 0.3) is 0 Å². The van der Waals surface area contributed by atoms with Crippen LogP contribution in [-0.2, 0) is 6.42 Å². The molecule has 4 rings (SSSR count). The Balaban J connectivity index is 1.90. The maximum absolute atomic E-state index is 12.9. The third kappa shape index (κ3) is 3.58. The van der Waals surface area contributed by atoms with Crippen LogP contribution >= 0.6 is 0 Å². The minimum Gasteiger partial charge on any atom is -0.494 e. The van der Waals surface area contributed by atoms with Gasteiger partial charge in [0.05, 0.1) is 12.2 Å². The van der Waals surface area contributed by atoms with Crippen LogP contribution in [0.1, 0.15) is 39.5 Å². The lowest BCUT2D eigenvalue weighted by atomic mass is 9.96. The fourth-order valence-electron chi connectivity index (χ4n) is 3.32. The molecule has 0 spiro atoms. The predicted molar refractivity (Wildman–Crippen MR) is 108 cm³/mol. The number of esters is 1. The second kappa shape index (κ2) is 7.39. The molecule has 0 bridgehead atoms. The molecule has 0 radical (unpaired) electrons. The molecule has 3 aromatic carbocycles. The molecule has 0 saturated heterocycles. The van der Waals surface area contributed by atoms with Crippen molar-refractivity contribution >= 4 is 5.97 Å². The zero-order valence-corrected chi connectivity index (χ0v) is 16.2. The first kappa shape index (κ1) is 18.1. The number of aryl methyl sites for hydroxylation is 2. The third-order valence-corrected chi connectivity index (χ3v) is 4.74. The van der Waals surface area contributed by atoms with Gasteiger partial charge in [-0.25, -0.2) is 4.79 Å². The third-order valence-electron chi connectivity index (χ3n) is 4.74. The van der Waals surface area contributed by atoms with Gasteiger partial charge in [0.15, 0.2) is 11.5 Å². The van der Waals surface area contributed by atoms with E-state index in [1.165, 1.54) is 0 Å². The molecule has 3 aromatic rings. The number of hydrogen-bond donors (Lipinski definition) is 0. The van der Waals surface area contributed by atoms with Crippen LogP contribution in [0, 0.1) is 13.8 Å². The van der Waals surface area contributed by atoms with Crippen molar-refractivity contribution in [2.45, 2.75) is 27.2 Å². The van der Waals surface area contributed by atoms with E-state index in [4.69, 9.17) is 14.2 Å². The van der Waals surface area contributed by atoms with Crippen LogP contribution in [0.3, 0.4) is 0 Å². The molecular weight excluding hydrogens is 352 g/mol. The van der Waals surface area contributed by atoms with Gasteiger partial charge in [0.2, 0.25) is 0 Å². The average Bonchev–Trinajstić information content (AvgIpc) is 2.67. The molecule has 28 heavy (non-hydrogen) atoms. The lowest BCUT2D eigenvalue weighted by molar-refractivity contribution is 0.0728. The number of carbonyl (C=O) groups is 1. The van der Waals surface area contributed by atoms with Crippen molar-refractivity contribution in [3.63, 3.8) is 0 Å². The number of hydrogen-bond acceptors (Lipinski definition) is 4. The summed E-state index contributed by atoms with van der Waals surface area (Å²) in [5.41, 5.74) is 4.62. The van der Waals surface area contributed by atoms with Gasteiger partial charge in [-0.15, -0.1) is 0 Å². The van der Waals surface area contributed by atoms with Gasteiger partial charge in [0.25, 0.3) is 0 Å². The van der Waals surface area contributed by atoms with Gasteiger partial charge in [0, 0.05) is 12.5 Å². The van der Waals surface area contributed by atoms with Crippen molar-refractivity contribution in [2.24, 2.45) is 0 Å². The first-order valence-corrected chi connectivity index (χ1v) is 9.39. The van der Waals surface area contributed by atoms with Crippen molar-refractivity contribution in [1.29, 1.82) is 0 Å². The molecule has 0 amide bonds. The zero-order valence-electron chi connectivity index (χ0n) is 16.2. The van der Waals surface area contributed by atoms with Gasteiger partial charge in [-0.2, -0.15) is 0 Å². The van der Waals surface area contributed by atoms with E-state index in [0.717, 1.165) is 28.0 Å². The van der Waals surface area contributed by atoms with E-state index in [2.05, 4.69) is 6.07 Å². The zero-order chi connectivity index (χ0) is 19.7. The first-order valence-electron chi connectivity index (χ1n) is 9.39. The van der Waals surface area contributed by atoms with Gasteiger partial charge < -0.3 is 14.2 Å². The maximum Gasteiger partial charge on any atom is 0.343 e. The van der Waals surface area contributed by atoms with Crippen LogP contribution in [0.4, 0.5) is 0 Å². The minimum absolute atomic E-state index is 0.371. The Hall–Kier alpha value is -3.27. The highest BCUT2D eigenvalue weighted by Gasteiger charge is 2.21. The second-order valence-electron chi connectivity index (χ2n) is 6.98. The molecule has 142 valence electrons. The Morgan fingerprint density at radius 1 is 0.821 bits per heavy atom. The van der Waals surface area contributed by atoms with Gasteiger partial charge in [-0.3, -0.25) is 0 Å². The molecule has 0 unspecified atom stereocenters. The van der Waals surface area contributed by atoms with Crippen molar-refractivity contribution in [1.82, 2.24) is 0 Å². The van der Waals surface area contributed by atoms with Crippen LogP contribution in [-0.4, -0.2) is 12.6 Å². The normalized spacial score (nSPS) is 12.8. The molecule has 4 nitrogen and oxygen atoms in total. The van der Waals surface area contributed by atoms with Crippen molar-refractivity contribution < 1.29 is 19.0 Å². The Morgan fingerprint density at radius 2 is 1.57 bits per heavy atom. The molecular formula is C24H22O4. The number of carbonyl (C=O) groups excluding carboxylic acids is 1. The van der Waals surface area contributed by atoms with Crippen molar-refractivity contribution in [3.8, 4) is 23.0 Å². The standard InChI is InChI=1S/C24H22O4/c1-4-26-19-9-10-21-23(14-19)27-22-12-16(3)6-8-18(22)13-17-7-5-15(2)11-20(17)24(25)28-21/h5-12,14H,4,13H2,1-3H3. The van der Waals surface area contributed by atoms with Crippen LogP contribution in [0.2, 0.25) is 0 Å². The van der Waals surface area contributed by atoms with E-state index in [0.29, 0.717) is 35.8 Å². The van der Waals surface area contributed by atoms with E-state index >= 15 is 0 Å². The molecule has 0 aromatic heterocycles. The highest BCUT2D eigenvalue weighted by molar-refractivity contribution is 5.93. The quantitative estimate of drug-likeness (QED) is 0.431. The molecule has 0 atom stereocenters. The summed E-state index contributed by atoms with van der Waals surface area (Å²) in [6.07, 6.45) is 0.584. The molecule has 1 aliphatic heterocycles. The van der Waals surface area contributed by atoms with E-state index in [-0.39, 0.29) is 5.97 Å². The van der Waals surface area contributed by atoms with Crippen LogP contribution < -0.4 is 14.2 Å². The van der Waals surface area contributed by atoms with Gasteiger partial charge in [-0.1, -0.05) is 29.8 Å². The summed E-state index contributed by atoms with van der Waals surface area (Å²) in [5.74, 6) is 1.86. The fourth-order valence-corrected chi connectivity index (χ4v) is 3.32. The van der Waals surface area contributed by atoms with E-state index in [1.807, 2.05) is 51.1 Å². The Morgan fingerprint density at radius 3 is 2.36 bits per heavy atom. The summed E-state index contributed by atoms with van der Waals surface area (Å²) in [6, 6.07) is 17.2. The lowest BCUT2D eigenvalue weighted by Crippen LogP contribution is -2.14. The molecule has 1 aliphatic rings. The van der Waals surface area contributed by atoms with Gasteiger partial charge in [-0.05, 0) is 61.7 Å². The summed E-state index contributed by atoms with van der Waals surface area (Å²) in [4.78, 5) is 12.9. The number of ether oxygens (including phenoxy) is 3. The van der Waals surface area contributed by atoms with Crippen molar-refractivity contribution in [3.05, 3.63) is 82.4 Å². The Labute approximate surface area is 164 Å². The van der Waals surface area contributed by atoms with Crippen LogP contribution in [0.15, 0.2) is 54.6 Å². The summed E-state index contributed by atoms with van der Waals surface area (Å²) >= 11 is 0. The smallest absolute Gasteiger partial charge is 0.343 e. The maximum atomic E-state index is 12.9. The van der Waals surface area contributed by atoms with Gasteiger partial charge >= 0.3 is 5.97 Å². The molecule has 1 heterocycles. The van der Waals surface area contributed by atoms with Crippen molar-refractivity contribution in [2.75, 3.05) is 6.61 Å². The fraction of sp³-hybridized carbons (Fsp3) is 0.208. The molecule has 4 heteroatoms. The monoisotopic (exact) mass is 374 g/mol. The highest BCUT2D eigenvalue weighted by atomic mass is 16.6. The molecule has 0 N–H and O–H groups in total. The largest absolute Gasteiger partial charge is 0.494 e. The number of fused-ring (bicyclic) bond motifs is 3. The summed E-state index contributed by atoms with van der Waals surface area (Å²) in [7, 11) is 0. The summed E-state index contributed by atoms with van der Waals surface area (Å²) in [6.45, 7) is 6.46. The van der Waals surface area contributed by atoms with E-state index in [1.54, 1.807) is 18.2 Å². The molecule has 0 aliphatic carbocycles. The lowest BCUT2D eigenvalue weighted by Gasteiger charge is -2.19.